The molecule has 5 heteroatoms. The van der Waals surface area contributed by atoms with Crippen LogP contribution in [0.5, 0.6) is 0 Å². The molecule has 1 aliphatic carbocycles. The van der Waals surface area contributed by atoms with Crippen LogP contribution in [0.15, 0.2) is 18.2 Å². The van der Waals surface area contributed by atoms with Gasteiger partial charge in [-0.3, -0.25) is 0 Å². The van der Waals surface area contributed by atoms with Crippen LogP contribution in [-0.2, 0) is 0 Å². The molecule has 1 aromatic carbocycles. The van der Waals surface area contributed by atoms with Gasteiger partial charge in [-0.25, -0.2) is 4.39 Å². The first kappa shape index (κ1) is 15.7. The molecule has 0 amide bonds. The molecule has 2 rings (SSSR count). The molecule has 0 bridgehead atoms. The third kappa shape index (κ3) is 3.50. The summed E-state index contributed by atoms with van der Waals surface area (Å²) < 4.78 is 14.0. The summed E-state index contributed by atoms with van der Waals surface area (Å²) in [7, 11) is 0. The smallest absolute Gasteiger partial charge is 0.129 e. The Bertz CT molecular complexity index is 424. The van der Waals surface area contributed by atoms with Crippen molar-refractivity contribution in [3.05, 3.63) is 34.6 Å². The van der Waals surface area contributed by atoms with Crippen molar-refractivity contribution in [2.75, 3.05) is 13.2 Å². The second-order valence-electron chi connectivity index (χ2n) is 5.42. The lowest BCUT2D eigenvalue weighted by molar-refractivity contribution is 0.146. The normalized spacial score (nSPS) is 24.6. The second-order valence-corrected chi connectivity index (χ2v) is 5.83. The highest BCUT2D eigenvalue weighted by Crippen LogP contribution is 2.29. The maximum absolute atomic E-state index is 14.0. The lowest BCUT2D eigenvalue weighted by atomic mass is 9.84. The van der Waals surface area contributed by atoms with Gasteiger partial charge in [0.25, 0.3) is 0 Å². The fourth-order valence-electron chi connectivity index (χ4n) is 3.02. The summed E-state index contributed by atoms with van der Waals surface area (Å²) in [6.07, 6.45) is 4.23. The molecule has 4 N–H and O–H groups in total. The van der Waals surface area contributed by atoms with Gasteiger partial charge in [0.15, 0.2) is 0 Å². The monoisotopic (exact) mass is 300 g/mol. The third-order valence-electron chi connectivity index (χ3n) is 4.14. The van der Waals surface area contributed by atoms with Crippen LogP contribution in [0.25, 0.3) is 0 Å². The van der Waals surface area contributed by atoms with Crippen molar-refractivity contribution >= 4 is 11.6 Å². The predicted octanol–water partition coefficient (Wildman–Crippen LogP) is 2.62. The van der Waals surface area contributed by atoms with E-state index in [0.717, 1.165) is 25.7 Å². The van der Waals surface area contributed by atoms with Crippen molar-refractivity contribution in [2.45, 2.75) is 37.8 Å². The molecule has 0 radical (unpaired) electrons. The summed E-state index contributed by atoms with van der Waals surface area (Å²) >= 11 is 6.11. The number of rotatable bonds is 5. The quantitative estimate of drug-likeness (QED) is 0.783. The number of aliphatic hydroxyl groups excluding tert-OH is 1. The molecule has 0 spiro atoms. The summed E-state index contributed by atoms with van der Waals surface area (Å²) in [6.45, 7) is 0.426. The molecule has 1 aromatic rings. The van der Waals surface area contributed by atoms with Gasteiger partial charge in [0, 0.05) is 35.8 Å². The Labute approximate surface area is 124 Å². The summed E-state index contributed by atoms with van der Waals surface area (Å²) in [6, 6.07) is 4.51. The number of hydrogen-bond acceptors (Lipinski definition) is 3. The Kier molecular flexibility index (Phi) is 5.78. The Hall–Kier alpha value is -0.680. The van der Waals surface area contributed by atoms with E-state index in [1.807, 2.05) is 0 Å². The summed E-state index contributed by atoms with van der Waals surface area (Å²) in [5, 5.41) is 13.2. The van der Waals surface area contributed by atoms with E-state index in [4.69, 9.17) is 17.3 Å². The molecular formula is C15H22ClFN2O. The number of halogens is 2. The first-order chi connectivity index (χ1) is 9.67. The molecule has 1 fully saturated rings. The van der Waals surface area contributed by atoms with Crippen LogP contribution in [0.3, 0.4) is 0 Å². The van der Waals surface area contributed by atoms with Crippen LogP contribution in [0.1, 0.15) is 37.3 Å². The SMILES string of the molecule is NCC(NC1CCCCC1CO)c1c(F)cccc1Cl. The highest BCUT2D eigenvalue weighted by molar-refractivity contribution is 6.31. The van der Waals surface area contributed by atoms with Crippen LogP contribution in [0.2, 0.25) is 5.02 Å². The van der Waals surface area contributed by atoms with E-state index in [9.17, 15) is 9.50 Å². The van der Waals surface area contributed by atoms with E-state index in [2.05, 4.69) is 5.32 Å². The van der Waals surface area contributed by atoms with Gasteiger partial charge in [0.05, 0.1) is 0 Å². The van der Waals surface area contributed by atoms with Crippen molar-refractivity contribution in [3.8, 4) is 0 Å². The van der Waals surface area contributed by atoms with Crippen LogP contribution in [-0.4, -0.2) is 24.3 Å². The molecule has 1 saturated carbocycles. The predicted molar refractivity (Wildman–Crippen MR) is 79.2 cm³/mol. The molecule has 3 unspecified atom stereocenters. The average molecular weight is 301 g/mol. The van der Waals surface area contributed by atoms with Crippen molar-refractivity contribution in [1.29, 1.82) is 0 Å². The molecule has 20 heavy (non-hydrogen) atoms. The topological polar surface area (TPSA) is 58.3 Å². The van der Waals surface area contributed by atoms with Crippen LogP contribution >= 0.6 is 11.6 Å². The van der Waals surface area contributed by atoms with E-state index in [1.165, 1.54) is 6.07 Å². The summed E-state index contributed by atoms with van der Waals surface area (Å²) in [5.74, 6) is -0.125. The number of benzene rings is 1. The van der Waals surface area contributed by atoms with Gasteiger partial charge < -0.3 is 16.2 Å². The Morgan fingerprint density at radius 3 is 2.80 bits per heavy atom. The van der Waals surface area contributed by atoms with Crippen molar-refractivity contribution in [2.24, 2.45) is 11.7 Å². The van der Waals surface area contributed by atoms with E-state index in [-0.39, 0.29) is 37.0 Å². The van der Waals surface area contributed by atoms with Crippen LogP contribution < -0.4 is 11.1 Å². The standard InChI is InChI=1S/C15H22ClFN2O/c16-11-5-3-6-12(17)15(11)14(8-18)19-13-7-2-1-4-10(13)9-20/h3,5-6,10,13-14,19-20H,1-2,4,7-9,18H2. The van der Waals surface area contributed by atoms with Gasteiger partial charge in [-0.15, -0.1) is 0 Å². The first-order valence-corrected chi connectivity index (χ1v) is 7.56. The zero-order chi connectivity index (χ0) is 14.5. The Balaban J connectivity index is 2.16. The lowest BCUT2D eigenvalue weighted by Gasteiger charge is -2.34. The maximum Gasteiger partial charge on any atom is 0.129 e. The number of aliphatic hydroxyl groups is 1. The zero-order valence-electron chi connectivity index (χ0n) is 11.5. The molecule has 0 aliphatic heterocycles. The van der Waals surface area contributed by atoms with Crippen molar-refractivity contribution < 1.29 is 9.50 Å². The molecular weight excluding hydrogens is 279 g/mol. The molecule has 112 valence electrons. The molecule has 1 aliphatic rings. The van der Waals surface area contributed by atoms with E-state index in [0.29, 0.717) is 10.6 Å². The number of hydrogen-bond donors (Lipinski definition) is 3. The van der Waals surface area contributed by atoms with Crippen molar-refractivity contribution in [3.63, 3.8) is 0 Å². The molecule has 0 heterocycles. The summed E-state index contributed by atoms with van der Waals surface area (Å²) in [4.78, 5) is 0. The zero-order valence-corrected chi connectivity index (χ0v) is 12.2. The lowest BCUT2D eigenvalue weighted by Crippen LogP contribution is -2.44. The highest BCUT2D eigenvalue weighted by atomic mass is 35.5. The van der Waals surface area contributed by atoms with Gasteiger partial charge >= 0.3 is 0 Å². The summed E-state index contributed by atoms with van der Waals surface area (Å²) in [5.41, 5.74) is 6.23. The van der Waals surface area contributed by atoms with Gasteiger partial charge in [-0.1, -0.05) is 30.5 Å². The third-order valence-corrected chi connectivity index (χ3v) is 4.47. The Morgan fingerprint density at radius 2 is 2.15 bits per heavy atom. The Morgan fingerprint density at radius 1 is 1.40 bits per heavy atom. The molecule has 3 nitrogen and oxygen atoms in total. The largest absolute Gasteiger partial charge is 0.396 e. The average Bonchev–Trinajstić information content (AvgIpc) is 2.46. The van der Waals surface area contributed by atoms with Gasteiger partial charge in [0.2, 0.25) is 0 Å². The van der Waals surface area contributed by atoms with E-state index >= 15 is 0 Å². The second kappa shape index (κ2) is 7.36. The molecule has 0 aromatic heterocycles. The maximum atomic E-state index is 14.0. The van der Waals surface area contributed by atoms with Gasteiger partial charge in [-0.2, -0.15) is 0 Å². The fourth-order valence-corrected chi connectivity index (χ4v) is 3.31. The fraction of sp³-hybridized carbons (Fsp3) is 0.600. The molecule has 0 saturated heterocycles. The van der Waals surface area contributed by atoms with E-state index < -0.39 is 0 Å². The first-order valence-electron chi connectivity index (χ1n) is 7.18. The minimum atomic E-state index is -0.336. The van der Waals surface area contributed by atoms with Gasteiger partial charge in [0.1, 0.15) is 5.82 Å². The van der Waals surface area contributed by atoms with Crippen molar-refractivity contribution in [1.82, 2.24) is 5.32 Å². The number of nitrogens with one attached hydrogen (secondary N) is 1. The van der Waals surface area contributed by atoms with Gasteiger partial charge in [-0.05, 0) is 30.9 Å². The van der Waals surface area contributed by atoms with Crippen LogP contribution in [0, 0.1) is 11.7 Å². The number of nitrogens with two attached hydrogens (primary N) is 1. The molecule has 3 atom stereocenters. The minimum absolute atomic E-state index is 0.153. The minimum Gasteiger partial charge on any atom is -0.396 e. The van der Waals surface area contributed by atoms with E-state index in [1.54, 1.807) is 12.1 Å². The highest BCUT2D eigenvalue weighted by Gasteiger charge is 2.28. The van der Waals surface area contributed by atoms with Crippen LogP contribution in [0.4, 0.5) is 4.39 Å².